The molecule has 1 aliphatic rings. The highest BCUT2D eigenvalue weighted by Gasteiger charge is 2.26. The van der Waals surface area contributed by atoms with E-state index in [0.717, 1.165) is 25.7 Å². The lowest BCUT2D eigenvalue weighted by atomic mass is 9.90. The van der Waals surface area contributed by atoms with Crippen LogP contribution < -0.4 is 21.4 Å². The number of amides is 3. The van der Waals surface area contributed by atoms with Crippen molar-refractivity contribution in [2.75, 3.05) is 11.9 Å². The fourth-order valence-corrected chi connectivity index (χ4v) is 4.69. The predicted molar refractivity (Wildman–Crippen MR) is 132 cm³/mol. The summed E-state index contributed by atoms with van der Waals surface area (Å²) in [4.78, 5) is 46.4. The lowest BCUT2D eigenvalue weighted by Crippen LogP contribution is -2.43. The van der Waals surface area contributed by atoms with Gasteiger partial charge in [0.25, 0.3) is 5.91 Å². The molecule has 11 heteroatoms. The van der Waals surface area contributed by atoms with Gasteiger partial charge in [0.15, 0.2) is 0 Å². The first-order valence-electron chi connectivity index (χ1n) is 11.0. The van der Waals surface area contributed by atoms with Gasteiger partial charge in [0.05, 0.1) is 21.1 Å². The normalized spacial score (nSPS) is 17.9. The highest BCUT2D eigenvalue weighted by Crippen LogP contribution is 2.31. The molecule has 3 heterocycles. The van der Waals surface area contributed by atoms with Gasteiger partial charge in [0.1, 0.15) is 11.2 Å². The molecule has 0 atom stereocenters. The molecule has 34 heavy (non-hydrogen) atoms. The van der Waals surface area contributed by atoms with Crippen molar-refractivity contribution in [1.82, 2.24) is 25.2 Å². The zero-order valence-electron chi connectivity index (χ0n) is 18.5. The number of carbonyl (C=O) groups excluding carboxylic acids is 2. The molecule has 0 saturated heterocycles. The van der Waals surface area contributed by atoms with E-state index >= 15 is 0 Å². The summed E-state index contributed by atoms with van der Waals surface area (Å²) in [5, 5.41) is 9.06. The van der Waals surface area contributed by atoms with E-state index in [1.165, 1.54) is 12.4 Å². The van der Waals surface area contributed by atoms with Crippen LogP contribution in [0.1, 0.15) is 49.0 Å². The van der Waals surface area contributed by atoms with Crippen LogP contribution in [0.4, 0.5) is 10.5 Å². The average Bonchev–Trinajstić information content (AvgIpc) is 2.82. The van der Waals surface area contributed by atoms with Gasteiger partial charge >= 0.3 is 6.03 Å². The van der Waals surface area contributed by atoms with E-state index in [0.29, 0.717) is 17.6 Å². The Balaban J connectivity index is 1.63. The minimum atomic E-state index is -0.619. The molecule has 178 valence electrons. The Morgan fingerprint density at radius 3 is 2.53 bits per heavy atom. The van der Waals surface area contributed by atoms with Gasteiger partial charge in [-0.2, -0.15) is 0 Å². The van der Waals surface area contributed by atoms with E-state index < -0.39 is 11.3 Å². The van der Waals surface area contributed by atoms with Crippen molar-refractivity contribution >= 4 is 51.9 Å². The Kier molecular flexibility index (Phi) is 7.33. The van der Waals surface area contributed by atoms with Crippen LogP contribution in [-0.2, 0) is 0 Å². The summed E-state index contributed by atoms with van der Waals surface area (Å²) < 4.78 is 1.89. The molecule has 1 fully saturated rings. The molecule has 0 radical (unpaired) electrons. The summed E-state index contributed by atoms with van der Waals surface area (Å²) in [5.41, 5.74) is 0.249. The largest absolute Gasteiger partial charge is 0.338 e. The van der Waals surface area contributed by atoms with Gasteiger partial charge in [-0.15, -0.1) is 0 Å². The highest BCUT2D eigenvalue weighted by molar-refractivity contribution is 6.39. The van der Waals surface area contributed by atoms with E-state index in [-0.39, 0.29) is 39.4 Å². The highest BCUT2D eigenvalue weighted by atomic mass is 35.5. The van der Waals surface area contributed by atoms with Crippen molar-refractivity contribution in [3.8, 4) is 0 Å². The van der Waals surface area contributed by atoms with Crippen LogP contribution in [0.5, 0.6) is 0 Å². The first-order valence-corrected chi connectivity index (χ1v) is 11.8. The second-order valence-electron chi connectivity index (χ2n) is 8.10. The summed E-state index contributed by atoms with van der Waals surface area (Å²) in [6, 6.07) is 3.24. The number of anilines is 1. The summed E-state index contributed by atoms with van der Waals surface area (Å²) in [6.07, 6.45) is 8.95. The smallest absolute Gasteiger partial charge is 0.314 e. The van der Waals surface area contributed by atoms with Gasteiger partial charge in [0.2, 0.25) is 5.43 Å². The lowest BCUT2D eigenvalue weighted by Gasteiger charge is -2.31. The predicted octanol–water partition coefficient (Wildman–Crippen LogP) is 4.15. The summed E-state index contributed by atoms with van der Waals surface area (Å²) in [5.74, 6) is -0.619. The maximum atomic E-state index is 13.2. The van der Waals surface area contributed by atoms with Gasteiger partial charge in [0, 0.05) is 43.4 Å². The first-order chi connectivity index (χ1) is 16.4. The number of hydrogen-bond donors (Lipinski definition) is 3. The van der Waals surface area contributed by atoms with Gasteiger partial charge < -0.3 is 20.5 Å². The number of urea groups is 1. The lowest BCUT2D eigenvalue weighted by molar-refractivity contribution is 0.102. The monoisotopic (exact) mass is 502 g/mol. The second-order valence-corrected chi connectivity index (χ2v) is 8.91. The molecule has 0 spiro atoms. The van der Waals surface area contributed by atoms with Gasteiger partial charge in [-0.25, -0.2) is 9.78 Å². The van der Waals surface area contributed by atoms with Gasteiger partial charge in [-0.1, -0.05) is 23.2 Å². The molecule has 3 aromatic rings. The summed E-state index contributed by atoms with van der Waals surface area (Å²) in [6.45, 7) is 2.44. The van der Waals surface area contributed by atoms with E-state index in [9.17, 15) is 14.4 Å². The van der Waals surface area contributed by atoms with E-state index in [4.69, 9.17) is 23.2 Å². The third-order valence-electron chi connectivity index (χ3n) is 5.89. The summed E-state index contributed by atoms with van der Waals surface area (Å²) in [7, 11) is 0. The molecule has 3 N–H and O–H groups in total. The van der Waals surface area contributed by atoms with Gasteiger partial charge in [-0.05, 0) is 44.7 Å². The number of nitrogens with zero attached hydrogens (tertiary/aromatic N) is 3. The fraction of sp³-hybridized carbons (Fsp3) is 0.348. The van der Waals surface area contributed by atoms with Crippen molar-refractivity contribution in [3.63, 3.8) is 0 Å². The number of nitrogens with one attached hydrogen (secondary N) is 3. The molecular weight excluding hydrogens is 479 g/mol. The molecule has 9 nitrogen and oxygen atoms in total. The quantitative estimate of drug-likeness (QED) is 0.484. The number of halogens is 2. The minimum absolute atomic E-state index is 0.0185. The van der Waals surface area contributed by atoms with Crippen molar-refractivity contribution in [1.29, 1.82) is 0 Å². The number of fused-ring (bicyclic) bond motifs is 1. The molecule has 0 aliphatic heterocycles. The van der Waals surface area contributed by atoms with Crippen LogP contribution in [0, 0.1) is 0 Å². The van der Waals surface area contributed by atoms with E-state index in [2.05, 4.69) is 25.9 Å². The molecule has 4 rings (SSSR count). The van der Waals surface area contributed by atoms with Crippen LogP contribution in [0.2, 0.25) is 10.0 Å². The second kappa shape index (κ2) is 10.4. The molecule has 0 unspecified atom stereocenters. The molecule has 0 bridgehead atoms. The van der Waals surface area contributed by atoms with Crippen LogP contribution >= 0.6 is 23.2 Å². The Bertz CT molecular complexity index is 1270. The zero-order chi connectivity index (χ0) is 24.2. The van der Waals surface area contributed by atoms with E-state index in [1.807, 2.05) is 11.5 Å². The Morgan fingerprint density at radius 2 is 1.85 bits per heavy atom. The minimum Gasteiger partial charge on any atom is -0.338 e. The maximum absolute atomic E-state index is 13.2. The summed E-state index contributed by atoms with van der Waals surface area (Å²) >= 11 is 12.3. The first kappa shape index (κ1) is 24.0. The number of hydrogen-bond acceptors (Lipinski definition) is 5. The third kappa shape index (κ3) is 5.00. The van der Waals surface area contributed by atoms with Crippen molar-refractivity contribution in [2.45, 2.75) is 44.7 Å². The fourth-order valence-electron chi connectivity index (χ4n) is 4.23. The van der Waals surface area contributed by atoms with E-state index in [1.54, 1.807) is 24.5 Å². The average molecular weight is 503 g/mol. The molecule has 1 saturated carbocycles. The zero-order valence-corrected chi connectivity index (χ0v) is 20.0. The van der Waals surface area contributed by atoms with Gasteiger partial charge in [-0.3, -0.25) is 14.6 Å². The molecule has 1 aliphatic carbocycles. The van der Waals surface area contributed by atoms with Crippen molar-refractivity contribution < 1.29 is 9.59 Å². The Hall–Kier alpha value is -3.17. The Labute approximate surface area is 205 Å². The third-order valence-corrected chi connectivity index (χ3v) is 6.46. The number of carbonyl (C=O) groups is 2. The maximum Gasteiger partial charge on any atom is 0.314 e. The number of rotatable bonds is 5. The molecule has 3 aromatic heterocycles. The van der Waals surface area contributed by atoms with Crippen LogP contribution in [0.25, 0.3) is 11.0 Å². The molecular formula is C23H24Cl2N6O3. The standard InChI is InChI=1S/C23H24Cl2N6O3/c1-2-27-23(34)29-13-5-7-14(8-6-13)31-12-16(20(32)15-4-3-9-28-21(15)31)22(33)30-19-17(24)10-26-11-18(19)25/h3-4,9-14H,2,5-8H2,1H3,(H,26,30,33)(H2,27,29,34)/t13-,14-. The molecule has 0 aromatic carbocycles. The van der Waals surface area contributed by atoms with Crippen LogP contribution in [0.3, 0.4) is 0 Å². The topological polar surface area (TPSA) is 118 Å². The Morgan fingerprint density at radius 1 is 1.15 bits per heavy atom. The van der Waals surface area contributed by atoms with Crippen LogP contribution in [0.15, 0.2) is 41.7 Å². The molecule has 3 amide bonds. The number of aromatic nitrogens is 3. The van der Waals surface area contributed by atoms with Crippen molar-refractivity contribution in [3.05, 3.63) is 62.8 Å². The number of pyridine rings is 3. The van der Waals surface area contributed by atoms with Crippen molar-refractivity contribution in [2.24, 2.45) is 0 Å². The van der Waals surface area contributed by atoms with Crippen LogP contribution in [-0.4, -0.2) is 39.1 Å². The SMILES string of the molecule is CCNC(=O)N[C@H]1CC[C@H](n2cc(C(=O)Nc3c(Cl)cncc3Cl)c(=O)c3cccnc32)CC1.